The van der Waals surface area contributed by atoms with Crippen LogP contribution < -0.4 is 5.32 Å². The zero-order chi connectivity index (χ0) is 15.5. The fourth-order valence-corrected chi connectivity index (χ4v) is 2.60. The maximum absolute atomic E-state index is 12.9. The highest BCUT2D eigenvalue weighted by molar-refractivity contribution is 5.85. The van der Waals surface area contributed by atoms with Crippen molar-refractivity contribution >= 4 is 18.3 Å². The van der Waals surface area contributed by atoms with Crippen LogP contribution in [0, 0.1) is 0 Å². The molecule has 1 saturated heterocycles. The minimum atomic E-state index is -4.40. The molecule has 2 rings (SSSR count). The van der Waals surface area contributed by atoms with Crippen molar-refractivity contribution < 1.29 is 18.0 Å². The second kappa shape index (κ2) is 7.83. The van der Waals surface area contributed by atoms with Crippen molar-refractivity contribution in [3.63, 3.8) is 0 Å². The smallest absolute Gasteiger partial charge is 0.340 e. The van der Waals surface area contributed by atoms with E-state index in [1.807, 2.05) is 0 Å². The van der Waals surface area contributed by atoms with Gasteiger partial charge in [-0.2, -0.15) is 13.2 Å². The molecule has 0 radical (unpaired) electrons. The number of benzene rings is 1. The van der Waals surface area contributed by atoms with E-state index in [4.69, 9.17) is 0 Å². The normalized spacial score (nSPS) is 18.5. The summed E-state index contributed by atoms with van der Waals surface area (Å²) in [7, 11) is 1.55. The summed E-state index contributed by atoms with van der Waals surface area (Å²) in [5.41, 5.74) is -0.557. The molecule has 1 amide bonds. The van der Waals surface area contributed by atoms with E-state index >= 15 is 0 Å². The van der Waals surface area contributed by atoms with Crippen molar-refractivity contribution in [2.45, 2.75) is 38.0 Å². The topological polar surface area (TPSA) is 32.3 Å². The van der Waals surface area contributed by atoms with Crippen LogP contribution in [-0.4, -0.2) is 30.4 Å². The molecule has 1 aliphatic heterocycles. The highest BCUT2D eigenvalue weighted by Gasteiger charge is 2.33. The Labute approximate surface area is 134 Å². The Morgan fingerprint density at radius 3 is 2.59 bits per heavy atom. The van der Waals surface area contributed by atoms with Crippen LogP contribution in [0.4, 0.5) is 13.2 Å². The van der Waals surface area contributed by atoms with Crippen molar-refractivity contribution in [2.24, 2.45) is 0 Å². The highest BCUT2D eigenvalue weighted by atomic mass is 35.5. The average molecular weight is 337 g/mol. The second-order valence-electron chi connectivity index (χ2n) is 5.35. The van der Waals surface area contributed by atoms with Gasteiger partial charge in [-0.25, -0.2) is 0 Å². The summed E-state index contributed by atoms with van der Waals surface area (Å²) in [5.74, 6) is -0.147. The lowest BCUT2D eigenvalue weighted by Crippen LogP contribution is -2.47. The molecule has 22 heavy (non-hydrogen) atoms. The van der Waals surface area contributed by atoms with Crippen molar-refractivity contribution in [3.05, 3.63) is 35.4 Å². The number of amides is 1. The minimum absolute atomic E-state index is 0. The monoisotopic (exact) mass is 336 g/mol. The SMILES string of the molecule is CN(Cc1ccccc1C(F)(F)F)C(=O)[C@@H]1CCCCN1.Cl. The molecule has 1 aromatic rings. The largest absolute Gasteiger partial charge is 0.416 e. The van der Waals surface area contributed by atoms with Crippen molar-refractivity contribution in [1.29, 1.82) is 0 Å². The Hall–Kier alpha value is -1.27. The third-order valence-corrected chi connectivity index (χ3v) is 3.71. The van der Waals surface area contributed by atoms with Gasteiger partial charge in [0, 0.05) is 13.6 Å². The molecule has 0 aliphatic carbocycles. The third-order valence-electron chi connectivity index (χ3n) is 3.71. The first-order chi connectivity index (χ1) is 9.89. The second-order valence-corrected chi connectivity index (χ2v) is 5.35. The van der Waals surface area contributed by atoms with Crippen molar-refractivity contribution in [3.8, 4) is 0 Å². The van der Waals surface area contributed by atoms with Crippen LogP contribution in [0.3, 0.4) is 0 Å². The Balaban J connectivity index is 0.00000242. The van der Waals surface area contributed by atoms with Gasteiger partial charge < -0.3 is 10.2 Å². The van der Waals surface area contributed by atoms with E-state index in [0.29, 0.717) is 0 Å². The van der Waals surface area contributed by atoms with Crippen LogP contribution >= 0.6 is 12.4 Å². The van der Waals surface area contributed by atoms with E-state index in [-0.39, 0.29) is 36.5 Å². The first-order valence-electron chi connectivity index (χ1n) is 7.03. The van der Waals surface area contributed by atoms with Crippen LogP contribution in [0.25, 0.3) is 0 Å². The molecule has 3 nitrogen and oxygen atoms in total. The third kappa shape index (κ3) is 4.61. The fraction of sp³-hybridized carbons (Fsp3) is 0.533. The predicted octanol–water partition coefficient (Wildman–Crippen LogP) is 3.23. The van der Waals surface area contributed by atoms with E-state index in [0.717, 1.165) is 31.9 Å². The lowest BCUT2D eigenvalue weighted by Gasteiger charge is -2.28. The number of hydrogen-bond acceptors (Lipinski definition) is 2. The molecular weight excluding hydrogens is 317 g/mol. The van der Waals surface area contributed by atoms with Gasteiger partial charge in [-0.05, 0) is 31.0 Å². The van der Waals surface area contributed by atoms with Gasteiger partial charge in [0.15, 0.2) is 0 Å². The van der Waals surface area contributed by atoms with E-state index in [2.05, 4.69) is 5.32 Å². The summed E-state index contributed by atoms with van der Waals surface area (Å²) in [6.45, 7) is 0.746. The summed E-state index contributed by atoms with van der Waals surface area (Å²) >= 11 is 0. The summed E-state index contributed by atoms with van der Waals surface area (Å²) < 4.78 is 38.8. The molecule has 0 aromatic heterocycles. The number of hydrogen-bond donors (Lipinski definition) is 1. The van der Waals surface area contributed by atoms with Crippen LogP contribution in [0.5, 0.6) is 0 Å². The van der Waals surface area contributed by atoms with E-state index in [1.54, 1.807) is 13.1 Å². The molecule has 124 valence electrons. The standard InChI is InChI=1S/C15H19F3N2O.ClH/c1-20(14(21)13-8-4-5-9-19-13)10-11-6-2-3-7-12(11)15(16,17)18;/h2-3,6-7,13,19H,4-5,8-10H2,1H3;1H/t13-;/m0./s1. The molecule has 0 saturated carbocycles. The molecule has 0 unspecified atom stereocenters. The lowest BCUT2D eigenvalue weighted by molar-refractivity contribution is -0.140. The number of piperidine rings is 1. The van der Waals surface area contributed by atoms with Gasteiger partial charge in [0.05, 0.1) is 11.6 Å². The van der Waals surface area contributed by atoms with Gasteiger partial charge in [-0.3, -0.25) is 4.79 Å². The Morgan fingerprint density at radius 1 is 1.32 bits per heavy atom. The van der Waals surface area contributed by atoms with Crippen LogP contribution in [0.1, 0.15) is 30.4 Å². The van der Waals surface area contributed by atoms with Gasteiger partial charge in [0.2, 0.25) is 5.91 Å². The van der Waals surface area contributed by atoms with Crippen LogP contribution in [-0.2, 0) is 17.5 Å². The molecule has 1 fully saturated rings. The lowest BCUT2D eigenvalue weighted by atomic mass is 10.0. The molecule has 0 spiro atoms. The molecular formula is C15H20ClF3N2O. The summed E-state index contributed by atoms with van der Waals surface area (Å²) in [6.07, 6.45) is -1.66. The molecule has 1 aromatic carbocycles. The van der Waals surface area contributed by atoms with Crippen LogP contribution in [0.15, 0.2) is 24.3 Å². The highest BCUT2D eigenvalue weighted by Crippen LogP contribution is 2.32. The van der Waals surface area contributed by atoms with E-state index in [9.17, 15) is 18.0 Å². The van der Waals surface area contributed by atoms with Gasteiger partial charge >= 0.3 is 6.18 Å². The molecule has 7 heteroatoms. The van der Waals surface area contributed by atoms with Crippen molar-refractivity contribution in [1.82, 2.24) is 10.2 Å². The molecule has 1 N–H and O–H groups in total. The van der Waals surface area contributed by atoms with E-state index in [1.165, 1.54) is 17.0 Å². The maximum atomic E-state index is 12.9. The summed E-state index contributed by atoms with van der Waals surface area (Å²) in [5, 5.41) is 3.12. The summed E-state index contributed by atoms with van der Waals surface area (Å²) in [6, 6.07) is 5.10. The first-order valence-corrected chi connectivity index (χ1v) is 7.03. The Morgan fingerprint density at radius 2 is 2.00 bits per heavy atom. The number of rotatable bonds is 3. The Bertz CT molecular complexity index is 502. The summed E-state index contributed by atoms with van der Waals surface area (Å²) in [4.78, 5) is 13.6. The number of nitrogens with one attached hydrogen (secondary N) is 1. The van der Waals surface area contributed by atoms with Gasteiger partial charge in [0.1, 0.15) is 0 Å². The number of likely N-dealkylation sites (N-methyl/N-ethyl adjacent to an activating group) is 1. The molecule has 1 aliphatic rings. The molecule has 1 heterocycles. The number of halogens is 4. The zero-order valence-electron chi connectivity index (χ0n) is 12.3. The molecule has 0 bridgehead atoms. The number of carbonyl (C=O) groups is 1. The van der Waals surface area contributed by atoms with Crippen molar-refractivity contribution in [2.75, 3.05) is 13.6 Å². The minimum Gasteiger partial charge on any atom is -0.340 e. The fourth-order valence-electron chi connectivity index (χ4n) is 2.60. The van der Waals surface area contributed by atoms with Gasteiger partial charge in [0.25, 0.3) is 0 Å². The van der Waals surface area contributed by atoms with Crippen LogP contribution in [0.2, 0.25) is 0 Å². The maximum Gasteiger partial charge on any atom is 0.416 e. The number of carbonyl (C=O) groups excluding carboxylic acids is 1. The quantitative estimate of drug-likeness (QED) is 0.919. The number of nitrogens with zero attached hydrogens (tertiary/aromatic N) is 1. The number of alkyl halides is 3. The van der Waals surface area contributed by atoms with E-state index < -0.39 is 11.7 Å². The van der Waals surface area contributed by atoms with Gasteiger partial charge in [-0.15, -0.1) is 12.4 Å². The molecule has 1 atom stereocenters. The average Bonchev–Trinajstić information content (AvgIpc) is 2.47. The van der Waals surface area contributed by atoms with Gasteiger partial charge in [-0.1, -0.05) is 24.6 Å². The first kappa shape index (κ1) is 18.8. The predicted molar refractivity (Wildman–Crippen MR) is 80.8 cm³/mol. The zero-order valence-corrected chi connectivity index (χ0v) is 13.1. The Kier molecular flexibility index (Phi) is 6.68.